The van der Waals surface area contributed by atoms with Crippen LogP contribution in [0.2, 0.25) is 0 Å². The molecule has 0 aromatic rings. The van der Waals surface area contributed by atoms with Crippen LogP contribution in [0.25, 0.3) is 0 Å². The van der Waals surface area contributed by atoms with Crippen LogP contribution in [0.3, 0.4) is 0 Å². The van der Waals surface area contributed by atoms with Crippen molar-refractivity contribution >= 4 is 0 Å². The van der Waals surface area contributed by atoms with Gasteiger partial charge >= 0.3 is 0 Å². The van der Waals surface area contributed by atoms with Crippen LogP contribution in [0.15, 0.2) is 0 Å². The van der Waals surface area contributed by atoms with Gasteiger partial charge in [0.1, 0.15) is 0 Å². The zero-order valence-corrected chi connectivity index (χ0v) is 10.9. The van der Waals surface area contributed by atoms with E-state index in [0.29, 0.717) is 6.04 Å². The van der Waals surface area contributed by atoms with E-state index in [0.717, 1.165) is 12.0 Å². The van der Waals surface area contributed by atoms with Gasteiger partial charge < -0.3 is 10.2 Å². The molecule has 0 aromatic heterocycles. The molecule has 1 aliphatic heterocycles. The lowest BCUT2D eigenvalue weighted by Gasteiger charge is -2.34. The highest BCUT2D eigenvalue weighted by atomic mass is 15.2. The van der Waals surface area contributed by atoms with Crippen molar-refractivity contribution in [2.75, 3.05) is 20.1 Å². The zero-order valence-electron chi connectivity index (χ0n) is 10.9. The van der Waals surface area contributed by atoms with Crippen LogP contribution in [-0.4, -0.2) is 37.1 Å². The van der Waals surface area contributed by atoms with Crippen molar-refractivity contribution in [3.63, 3.8) is 0 Å². The predicted octanol–water partition coefficient (Wildman–Crippen LogP) is 2.49. The summed E-state index contributed by atoms with van der Waals surface area (Å²) in [5.41, 5.74) is 0. The van der Waals surface area contributed by atoms with E-state index in [1.807, 2.05) is 0 Å². The smallest absolute Gasteiger partial charge is 0.0195 e. The minimum atomic E-state index is 0.707. The molecule has 0 amide bonds. The van der Waals surface area contributed by atoms with E-state index < -0.39 is 0 Å². The first-order chi connectivity index (χ1) is 7.15. The molecule has 1 N–H and O–H groups in total. The quantitative estimate of drug-likeness (QED) is 0.753. The molecule has 0 radical (unpaired) electrons. The van der Waals surface area contributed by atoms with Crippen molar-refractivity contribution in [2.24, 2.45) is 5.92 Å². The molecule has 0 spiro atoms. The molecule has 1 saturated heterocycles. The maximum absolute atomic E-state index is 3.62. The number of hydrogen-bond acceptors (Lipinski definition) is 2. The molecule has 3 unspecified atom stereocenters. The second-order valence-electron chi connectivity index (χ2n) is 5.21. The van der Waals surface area contributed by atoms with Crippen LogP contribution in [0, 0.1) is 5.92 Å². The molecule has 1 heterocycles. The fourth-order valence-electron chi connectivity index (χ4n) is 2.37. The minimum Gasteiger partial charge on any atom is -0.313 e. The Hall–Kier alpha value is -0.0800. The van der Waals surface area contributed by atoms with Crippen molar-refractivity contribution in [1.29, 1.82) is 0 Å². The third-order valence-corrected chi connectivity index (χ3v) is 4.08. The minimum absolute atomic E-state index is 0.707. The highest BCUT2D eigenvalue weighted by Gasteiger charge is 2.20. The van der Waals surface area contributed by atoms with Gasteiger partial charge in [0.15, 0.2) is 0 Å². The maximum Gasteiger partial charge on any atom is 0.0195 e. The van der Waals surface area contributed by atoms with Crippen molar-refractivity contribution < 1.29 is 0 Å². The molecular formula is C13H28N2. The van der Waals surface area contributed by atoms with E-state index in [4.69, 9.17) is 0 Å². The average Bonchev–Trinajstić information content (AvgIpc) is 2.28. The maximum atomic E-state index is 3.62. The Morgan fingerprint density at radius 3 is 2.60 bits per heavy atom. The van der Waals surface area contributed by atoms with Gasteiger partial charge in [-0.05, 0) is 39.3 Å². The van der Waals surface area contributed by atoms with E-state index in [2.05, 4.69) is 38.0 Å². The van der Waals surface area contributed by atoms with Gasteiger partial charge in [0.05, 0.1) is 0 Å². The molecule has 90 valence electrons. The van der Waals surface area contributed by atoms with Crippen LogP contribution in [-0.2, 0) is 0 Å². The van der Waals surface area contributed by atoms with Gasteiger partial charge in [-0.1, -0.05) is 26.7 Å². The van der Waals surface area contributed by atoms with E-state index in [1.165, 1.54) is 38.8 Å². The van der Waals surface area contributed by atoms with Gasteiger partial charge in [-0.3, -0.25) is 0 Å². The van der Waals surface area contributed by atoms with Crippen molar-refractivity contribution in [3.8, 4) is 0 Å². The first-order valence-electron chi connectivity index (χ1n) is 6.58. The van der Waals surface area contributed by atoms with Gasteiger partial charge in [0, 0.05) is 18.6 Å². The van der Waals surface area contributed by atoms with Crippen LogP contribution in [0.4, 0.5) is 0 Å². The first-order valence-corrected chi connectivity index (χ1v) is 6.58. The summed E-state index contributed by atoms with van der Waals surface area (Å²) in [6.07, 6.45) is 5.41. The lowest BCUT2D eigenvalue weighted by molar-refractivity contribution is 0.168. The lowest BCUT2D eigenvalue weighted by Crippen LogP contribution is -2.46. The molecule has 1 rings (SSSR count). The average molecular weight is 212 g/mol. The molecule has 0 bridgehead atoms. The second kappa shape index (κ2) is 6.49. The standard InChI is InChI=1S/C13H28N2/c1-5-11(2)12(3)15(4)10-13-8-6-7-9-14-13/h11-14H,5-10H2,1-4H3. The van der Waals surface area contributed by atoms with Crippen molar-refractivity contribution in [3.05, 3.63) is 0 Å². The Morgan fingerprint density at radius 2 is 2.07 bits per heavy atom. The summed E-state index contributed by atoms with van der Waals surface area (Å²) in [4.78, 5) is 2.52. The Labute approximate surface area is 95.4 Å². The summed E-state index contributed by atoms with van der Waals surface area (Å²) in [6.45, 7) is 9.43. The molecule has 1 fully saturated rings. The number of nitrogens with zero attached hydrogens (tertiary/aromatic N) is 1. The second-order valence-corrected chi connectivity index (χ2v) is 5.21. The molecule has 0 aromatic carbocycles. The predicted molar refractivity (Wildman–Crippen MR) is 67.2 cm³/mol. The van der Waals surface area contributed by atoms with E-state index in [1.54, 1.807) is 0 Å². The Balaban J connectivity index is 2.29. The molecule has 2 nitrogen and oxygen atoms in total. The van der Waals surface area contributed by atoms with Crippen LogP contribution >= 0.6 is 0 Å². The monoisotopic (exact) mass is 212 g/mol. The van der Waals surface area contributed by atoms with E-state index in [-0.39, 0.29) is 0 Å². The Bertz CT molecular complexity index is 164. The number of hydrogen-bond donors (Lipinski definition) is 1. The van der Waals surface area contributed by atoms with Gasteiger partial charge in [0.2, 0.25) is 0 Å². The fraction of sp³-hybridized carbons (Fsp3) is 1.00. The largest absolute Gasteiger partial charge is 0.313 e. The summed E-state index contributed by atoms with van der Waals surface area (Å²) < 4.78 is 0. The van der Waals surface area contributed by atoms with Crippen LogP contribution < -0.4 is 5.32 Å². The Morgan fingerprint density at radius 1 is 1.33 bits per heavy atom. The van der Waals surface area contributed by atoms with E-state index >= 15 is 0 Å². The number of likely N-dealkylation sites (N-methyl/N-ethyl adjacent to an activating group) is 1. The lowest BCUT2D eigenvalue weighted by atomic mass is 9.98. The zero-order chi connectivity index (χ0) is 11.3. The first kappa shape index (κ1) is 13.0. The topological polar surface area (TPSA) is 15.3 Å². The molecular weight excluding hydrogens is 184 g/mol. The van der Waals surface area contributed by atoms with E-state index in [9.17, 15) is 0 Å². The van der Waals surface area contributed by atoms with Gasteiger partial charge in [0.25, 0.3) is 0 Å². The highest BCUT2D eigenvalue weighted by molar-refractivity contribution is 4.78. The van der Waals surface area contributed by atoms with Gasteiger partial charge in [-0.2, -0.15) is 0 Å². The number of nitrogens with one attached hydrogen (secondary N) is 1. The molecule has 0 aliphatic carbocycles. The summed E-state index contributed by atoms with van der Waals surface area (Å²) in [6, 6.07) is 1.44. The molecule has 3 atom stereocenters. The summed E-state index contributed by atoms with van der Waals surface area (Å²) in [7, 11) is 2.27. The third kappa shape index (κ3) is 4.12. The summed E-state index contributed by atoms with van der Waals surface area (Å²) >= 11 is 0. The molecule has 0 saturated carbocycles. The van der Waals surface area contributed by atoms with Gasteiger partial charge in [-0.25, -0.2) is 0 Å². The van der Waals surface area contributed by atoms with Crippen LogP contribution in [0.1, 0.15) is 46.5 Å². The normalized spacial score (nSPS) is 26.6. The van der Waals surface area contributed by atoms with Crippen LogP contribution in [0.5, 0.6) is 0 Å². The fourth-order valence-corrected chi connectivity index (χ4v) is 2.37. The third-order valence-electron chi connectivity index (χ3n) is 4.08. The SMILES string of the molecule is CCC(C)C(C)N(C)CC1CCCCN1. The number of piperidine rings is 1. The molecule has 2 heteroatoms. The van der Waals surface area contributed by atoms with Gasteiger partial charge in [-0.15, -0.1) is 0 Å². The number of rotatable bonds is 5. The van der Waals surface area contributed by atoms with Crippen molar-refractivity contribution in [2.45, 2.75) is 58.5 Å². The molecule has 1 aliphatic rings. The molecule has 15 heavy (non-hydrogen) atoms. The Kier molecular flexibility index (Phi) is 5.62. The summed E-state index contributed by atoms with van der Waals surface area (Å²) in [5.74, 6) is 0.804. The highest BCUT2D eigenvalue weighted by Crippen LogP contribution is 2.15. The summed E-state index contributed by atoms with van der Waals surface area (Å²) in [5, 5.41) is 3.62. The van der Waals surface area contributed by atoms with Crippen molar-refractivity contribution in [1.82, 2.24) is 10.2 Å².